The molecule has 0 aliphatic carbocycles. The minimum absolute atomic E-state index is 0.124. The summed E-state index contributed by atoms with van der Waals surface area (Å²) in [6.07, 6.45) is 0.984. The number of carbonyl (C=O) groups is 1. The molecule has 0 atom stereocenters. The van der Waals surface area contributed by atoms with Crippen molar-refractivity contribution in [3.05, 3.63) is 53.6 Å². The van der Waals surface area contributed by atoms with Crippen LogP contribution in [-0.4, -0.2) is 45.7 Å². The van der Waals surface area contributed by atoms with Gasteiger partial charge in [-0.2, -0.15) is 8.42 Å². The van der Waals surface area contributed by atoms with E-state index in [0.29, 0.717) is 17.1 Å². The van der Waals surface area contributed by atoms with Gasteiger partial charge in [-0.1, -0.05) is 18.2 Å². The van der Waals surface area contributed by atoms with E-state index in [-0.39, 0.29) is 24.2 Å². The number of rotatable bonds is 8. The number of nitrogens with zero attached hydrogens (tertiary/aromatic N) is 1. The van der Waals surface area contributed by atoms with Crippen LogP contribution in [0.1, 0.15) is 29.8 Å². The van der Waals surface area contributed by atoms with Gasteiger partial charge in [-0.3, -0.25) is 4.79 Å². The monoisotopic (exact) mass is 407 g/mol. The fourth-order valence-corrected chi connectivity index (χ4v) is 3.21. The number of amides is 1. The van der Waals surface area contributed by atoms with Crippen LogP contribution in [0.2, 0.25) is 0 Å². The molecule has 0 saturated heterocycles. The van der Waals surface area contributed by atoms with Gasteiger partial charge in [0.1, 0.15) is 22.8 Å². The lowest BCUT2D eigenvalue weighted by Gasteiger charge is -2.28. The minimum Gasteiger partial charge on any atom is -0.496 e. The maximum absolute atomic E-state index is 13.3. The van der Waals surface area contributed by atoms with E-state index in [1.165, 1.54) is 14.2 Å². The predicted octanol–water partition coefficient (Wildman–Crippen LogP) is 3.09. The number of hydrogen-bond donors (Lipinski definition) is 0. The molecule has 0 saturated carbocycles. The van der Waals surface area contributed by atoms with Gasteiger partial charge < -0.3 is 18.6 Å². The summed E-state index contributed by atoms with van der Waals surface area (Å²) in [5, 5.41) is 0. The Hall–Kier alpha value is -2.74. The van der Waals surface area contributed by atoms with E-state index >= 15 is 0 Å². The Bertz CT molecular complexity index is 917. The summed E-state index contributed by atoms with van der Waals surface area (Å²) in [5.41, 5.74) is 1.07. The van der Waals surface area contributed by atoms with E-state index in [1.807, 2.05) is 13.8 Å². The molecule has 0 bridgehead atoms. The fraction of sp³-hybridized carbons (Fsp3) is 0.350. The van der Waals surface area contributed by atoms with Crippen molar-refractivity contribution >= 4 is 16.0 Å². The number of methoxy groups -OCH3 is 2. The first-order valence-electron chi connectivity index (χ1n) is 8.66. The lowest BCUT2D eigenvalue weighted by atomic mass is 10.1. The van der Waals surface area contributed by atoms with Gasteiger partial charge in [-0.15, -0.1) is 0 Å². The Kier molecular flexibility index (Phi) is 6.90. The van der Waals surface area contributed by atoms with Crippen molar-refractivity contribution in [2.75, 3.05) is 20.5 Å². The molecule has 2 rings (SSSR count). The highest BCUT2D eigenvalue weighted by molar-refractivity contribution is 7.86. The summed E-state index contributed by atoms with van der Waals surface area (Å²) in [6, 6.07) is 11.7. The second-order valence-electron chi connectivity index (χ2n) is 6.50. The highest BCUT2D eigenvalue weighted by Gasteiger charge is 2.26. The van der Waals surface area contributed by atoms with Crippen LogP contribution in [0.5, 0.6) is 17.2 Å². The van der Waals surface area contributed by atoms with Gasteiger partial charge >= 0.3 is 10.1 Å². The zero-order valence-corrected chi connectivity index (χ0v) is 17.4. The molecule has 2 aromatic rings. The third kappa shape index (κ3) is 5.39. The molecule has 0 aromatic heterocycles. The number of hydrogen-bond acceptors (Lipinski definition) is 6. The molecule has 28 heavy (non-hydrogen) atoms. The van der Waals surface area contributed by atoms with Crippen LogP contribution < -0.4 is 13.7 Å². The highest BCUT2D eigenvalue weighted by atomic mass is 32.2. The van der Waals surface area contributed by atoms with Crippen LogP contribution in [-0.2, 0) is 16.7 Å². The summed E-state index contributed by atoms with van der Waals surface area (Å²) < 4.78 is 38.4. The lowest BCUT2D eigenvalue weighted by molar-refractivity contribution is 0.0683. The molecule has 0 heterocycles. The zero-order valence-electron chi connectivity index (χ0n) is 16.6. The number of carbonyl (C=O) groups excluding carboxylic acids is 1. The Labute approximate surface area is 166 Å². The SMILES string of the molecule is COc1cccc(OC)c1C(=O)N(Cc1cccc(OS(C)(=O)=O)c1)C(C)C. The second kappa shape index (κ2) is 8.97. The molecule has 152 valence electrons. The summed E-state index contributed by atoms with van der Waals surface area (Å²) in [7, 11) is -0.635. The predicted molar refractivity (Wildman–Crippen MR) is 106 cm³/mol. The van der Waals surface area contributed by atoms with Gasteiger partial charge in [0, 0.05) is 12.6 Å². The second-order valence-corrected chi connectivity index (χ2v) is 8.07. The van der Waals surface area contributed by atoms with E-state index in [1.54, 1.807) is 47.4 Å². The average molecular weight is 407 g/mol. The van der Waals surface area contributed by atoms with Crippen LogP contribution in [0.3, 0.4) is 0 Å². The van der Waals surface area contributed by atoms with Crippen molar-refractivity contribution < 1.29 is 26.9 Å². The van der Waals surface area contributed by atoms with E-state index in [2.05, 4.69) is 0 Å². The molecular formula is C20H25NO6S. The molecule has 2 aromatic carbocycles. The largest absolute Gasteiger partial charge is 0.496 e. The van der Waals surface area contributed by atoms with Gasteiger partial charge in [0.2, 0.25) is 0 Å². The zero-order chi connectivity index (χ0) is 20.9. The highest BCUT2D eigenvalue weighted by Crippen LogP contribution is 2.31. The Balaban J connectivity index is 2.38. The van der Waals surface area contributed by atoms with E-state index < -0.39 is 10.1 Å². The maximum Gasteiger partial charge on any atom is 0.306 e. The maximum atomic E-state index is 13.3. The quantitative estimate of drug-likeness (QED) is 0.626. The molecule has 8 heteroatoms. The normalized spacial score (nSPS) is 11.2. The third-order valence-electron chi connectivity index (χ3n) is 4.02. The first kappa shape index (κ1) is 21.6. The van der Waals surface area contributed by atoms with Crippen LogP contribution in [0, 0.1) is 0 Å². The average Bonchev–Trinajstić information content (AvgIpc) is 2.63. The van der Waals surface area contributed by atoms with Gasteiger partial charge in [0.25, 0.3) is 5.91 Å². The molecule has 0 N–H and O–H groups in total. The summed E-state index contributed by atoms with van der Waals surface area (Å²) in [5.74, 6) is 0.790. The molecular weight excluding hydrogens is 382 g/mol. The summed E-state index contributed by atoms with van der Waals surface area (Å²) >= 11 is 0. The van der Waals surface area contributed by atoms with Crippen molar-refractivity contribution in [3.63, 3.8) is 0 Å². The molecule has 0 radical (unpaired) electrons. The topological polar surface area (TPSA) is 82.1 Å². The molecule has 0 aliphatic rings. The Morgan fingerprint density at radius 2 is 1.61 bits per heavy atom. The van der Waals surface area contributed by atoms with E-state index in [0.717, 1.165) is 11.8 Å². The van der Waals surface area contributed by atoms with Crippen LogP contribution in [0.15, 0.2) is 42.5 Å². The third-order valence-corrected chi connectivity index (χ3v) is 4.52. The van der Waals surface area contributed by atoms with Crippen molar-refractivity contribution in [1.82, 2.24) is 4.90 Å². The summed E-state index contributed by atoms with van der Waals surface area (Å²) in [4.78, 5) is 15.0. The van der Waals surface area contributed by atoms with Gasteiger partial charge in [0.05, 0.1) is 20.5 Å². The molecule has 0 unspecified atom stereocenters. The van der Waals surface area contributed by atoms with Crippen molar-refractivity contribution in [2.24, 2.45) is 0 Å². The smallest absolute Gasteiger partial charge is 0.306 e. The van der Waals surface area contributed by atoms with E-state index in [4.69, 9.17) is 13.7 Å². The Morgan fingerprint density at radius 1 is 1.04 bits per heavy atom. The van der Waals surface area contributed by atoms with Crippen molar-refractivity contribution in [1.29, 1.82) is 0 Å². The van der Waals surface area contributed by atoms with Crippen LogP contribution in [0.4, 0.5) is 0 Å². The van der Waals surface area contributed by atoms with Crippen molar-refractivity contribution in [2.45, 2.75) is 26.4 Å². The summed E-state index contributed by atoms with van der Waals surface area (Å²) in [6.45, 7) is 4.06. The first-order chi connectivity index (χ1) is 13.2. The fourth-order valence-electron chi connectivity index (χ4n) is 2.76. The lowest BCUT2D eigenvalue weighted by Crippen LogP contribution is -2.36. The molecule has 7 nitrogen and oxygen atoms in total. The number of benzene rings is 2. The van der Waals surface area contributed by atoms with Crippen LogP contribution in [0.25, 0.3) is 0 Å². The molecule has 0 aliphatic heterocycles. The van der Waals surface area contributed by atoms with Crippen molar-refractivity contribution in [3.8, 4) is 17.2 Å². The number of ether oxygens (including phenoxy) is 2. The molecule has 0 spiro atoms. The minimum atomic E-state index is -3.63. The first-order valence-corrected chi connectivity index (χ1v) is 10.5. The molecule has 0 fully saturated rings. The van der Waals surface area contributed by atoms with Gasteiger partial charge in [0.15, 0.2) is 0 Å². The standard InChI is InChI=1S/C20H25NO6S/c1-14(2)21(13-15-8-6-9-16(12-15)27-28(5,23)24)20(22)19-17(25-3)10-7-11-18(19)26-4/h6-12,14H,13H2,1-5H3. The molecule has 1 amide bonds. The van der Waals surface area contributed by atoms with Crippen LogP contribution >= 0.6 is 0 Å². The van der Waals surface area contributed by atoms with Gasteiger partial charge in [-0.25, -0.2) is 0 Å². The Morgan fingerprint density at radius 3 is 2.11 bits per heavy atom. The van der Waals surface area contributed by atoms with E-state index in [9.17, 15) is 13.2 Å². The van der Waals surface area contributed by atoms with Gasteiger partial charge in [-0.05, 0) is 43.7 Å².